The molecule has 1 fully saturated rings. The lowest BCUT2D eigenvalue weighted by Crippen LogP contribution is -2.38. The molecule has 0 amide bonds. The van der Waals surface area contributed by atoms with E-state index in [-0.39, 0.29) is 0 Å². The fourth-order valence-corrected chi connectivity index (χ4v) is 4.18. The van der Waals surface area contributed by atoms with Gasteiger partial charge in [-0.2, -0.15) is 11.8 Å². The average molecular weight is 258 g/mol. The van der Waals surface area contributed by atoms with E-state index in [0.29, 0.717) is 10.2 Å². The number of amidine groups is 1. The minimum Gasteiger partial charge on any atom is -0.364 e. The van der Waals surface area contributed by atoms with Gasteiger partial charge < -0.3 is 5.32 Å². The third-order valence-electron chi connectivity index (χ3n) is 3.16. The molecule has 2 nitrogen and oxygen atoms in total. The predicted molar refractivity (Wildman–Crippen MR) is 76.6 cm³/mol. The molecule has 92 valence electrons. The van der Waals surface area contributed by atoms with Crippen LogP contribution in [0.2, 0.25) is 0 Å². The van der Waals surface area contributed by atoms with Crippen LogP contribution in [0.4, 0.5) is 0 Å². The zero-order valence-electron chi connectivity index (χ0n) is 10.5. The molecule has 2 aliphatic heterocycles. The first kappa shape index (κ1) is 12.6. The van der Waals surface area contributed by atoms with Crippen molar-refractivity contribution in [3.05, 3.63) is 0 Å². The fraction of sp³-hybridized carbons (Fsp3) is 0.917. The maximum absolute atomic E-state index is 4.63. The summed E-state index contributed by atoms with van der Waals surface area (Å²) in [6.07, 6.45) is 2.71. The van der Waals surface area contributed by atoms with Crippen LogP contribution in [-0.2, 0) is 0 Å². The Hall–Kier alpha value is 0.170. The predicted octanol–water partition coefficient (Wildman–Crippen LogP) is 2.99. The van der Waals surface area contributed by atoms with E-state index < -0.39 is 0 Å². The van der Waals surface area contributed by atoms with Gasteiger partial charge in [-0.15, -0.1) is 0 Å². The van der Waals surface area contributed by atoms with E-state index in [2.05, 4.69) is 42.8 Å². The second-order valence-corrected chi connectivity index (χ2v) is 8.48. The maximum atomic E-state index is 4.63. The topological polar surface area (TPSA) is 24.4 Å². The Labute approximate surface area is 107 Å². The lowest BCUT2D eigenvalue weighted by molar-refractivity contribution is 0.436. The molecule has 0 aromatic rings. The summed E-state index contributed by atoms with van der Waals surface area (Å²) in [5.74, 6) is 2.51. The monoisotopic (exact) mass is 258 g/mol. The normalized spacial score (nSPS) is 33.6. The average Bonchev–Trinajstić information content (AvgIpc) is 2.64. The summed E-state index contributed by atoms with van der Waals surface area (Å²) in [6.45, 7) is 8.98. The fourth-order valence-electron chi connectivity index (χ4n) is 1.99. The summed E-state index contributed by atoms with van der Waals surface area (Å²) in [6, 6.07) is 0. The molecule has 2 aliphatic rings. The van der Waals surface area contributed by atoms with Gasteiger partial charge in [0, 0.05) is 23.6 Å². The molecule has 0 aliphatic carbocycles. The summed E-state index contributed by atoms with van der Waals surface area (Å²) in [4.78, 5) is 4.63. The largest absolute Gasteiger partial charge is 0.364 e. The van der Waals surface area contributed by atoms with Crippen molar-refractivity contribution >= 4 is 28.7 Å². The van der Waals surface area contributed by atoms with E-state index in [1.54, 1.807) is 0 Å². The van der Waals surface area contributed by atoms with E-state index in [9.17, 15) is 0 Å². The molecule has 0 aromatic heterocycles. The smallest absolute Gasteiger partial charge is 0.156 e. The quantitative estimate of drug-likeness (QED) is 0.824. The van der Waals surface area contributed by atoms with Crippen LogP contribution in [0.15, 0.2) is 4.99 Å². The Morgan fingerprint density at radius 2 is 2.19 bits per heavy atom. The standard InChI is InChI=1S/C12H22N2S2/c1-11(2)7-13-10(15-9-11)14-8-12(3)5-4-6-16-12/h4-9H2,1-3H3,(H,13,14). The Morgan fingerprint density at radius 3 is 2.75 bits per heavy atom. The van der Waals surface area contributed by atoms with Crippen molar-refractivity contribution in [2.75, 3.05) is 24.6 Å². The lowest BCUT2D eigenvalue weighted by atomic mass is 9.97. The number of thioether (sulfide) groups is 2. The molecule has 0 spiro atoms. The van der Waals surface area contributed by atoms with E-state index in [1.807, 2.05) is 11.8 Å². The van der Waals surface area contributed by atoms with Gasteiger partial charge >= 0.3 is 0 Å². The number of nitrogens with zero attached hydrogens (tertiary/aromatic N) is 1. The Bertz CT molecular complexity index is 281. The van der Waals surface area contributed by atoms with Crippen LogP contribution in [0.5, 0.6) is 0 Å². The first-order valence-corrected chi connectivity index (χ1v) is 8.01. The molecule has 0 saturated carbocycles. The Morgan fingerprint density at radius 1 is 1.38 bits per heavy atom. The van der Waals surface area contributed by atoms with Gasteiger partial charge in [-0.1, -0.05) is 25.6 Å². The summed E-state index contributed by atoms with van der Waals surface area (Å²) < 4.78 is 0.441. The molecule has 1 saturated heterocycles. The molecule has 2 rings (SSSR count). The first-order chi connectivity index (χ1) is 7.49. The van der Waals surface area contributed by atoms with Crippen molar-refractivity contribution in [2.45, 2.75) is 38.4 Å². The summed E-state index contributed by atoms with van der Waals surface area (Å²) in [5.41, 5.74) is 0.377. The molecule has 0 aromatic carbocycles. The van der Waals surface area contributed by atoms with Gasteiger partial charge in [0.2, 0.25) is 0 Å². The van der Waals surface area contributed by atoms with E-state index >= 15 is 0 Å². The summed E-state index contributed by atoms with van der Waals surface area (Å²) >= 11 is 3.99. The van der Waals surface area contributed by atoms with Crippen molar-refractivity contribution in [2.24, 2.45) is 10.4 Å². The van der Waals surface area contributed by atoms with Crippen LogP contribution < -0.4 is 5.32 Å². The minimum absolute atomic E-state index is 0.377. The highest BCUT2D eigenvalue weighted by atomic mass is 32.2. The molecule has 1 N–H and O–H groups in total. The lowest BCUT2D eigenvalue weighted by Gasteiger charge is -2.29. The minimum atomic E-state index is 0.377. The van der Waals surface area contributed by atoms with Crippen LogP contribution in [-0.4, -0.2) is 34.5 Å². The van der Waals surface area contributed by atoms with Crippen LogP contribution in [0.25, 0.3) is 0 Å². The SMILES string of the molecule is CC1(C)CN=C(NCC2(C)CCCS2)SC1. The Balaban J connectivity index is 1.81. The third-order valence-corrected chi connectivity index (χ3v) is 6.18. The second-order valence-electron chi connectivity index (χ2n) is 5.83. The van der Waals surface area contributed by atoms with Gasteiger partial charge in [0.05, 0.1) is 0 Å². The van der Waals surface area contributed by atoms with Crippen LogP contribution in [0.1, 0.15) is 33.6 Å². The van der Waals surface area contributed by atoms with Crippen molar-refractivity contribution in [1.29, 1.82) is 0 Å². The second kappa shape index (κ2) is 4.81. The van der Waals surface area contributed by atoms with Gasteiger partial charge in [0.25, 0.3) is 0 Å². The number of hydrogen-bond donors (Lipinski definition) is 1. The van der Waals surface area contributed by atoms with Gasteiger partial charge in [-0.05, 0) is 30.9 Å². The maximum Gasteiger partial charge on any atom is 0.156 e. The number of aliphatic imine (C=N–C) groups is 1. The number of rotatable bonds is 2. The van der Waals surface area contributed by atoms with Gasteiger partial charge in [0.15, 0.2) is 5.17 Å². The van der Waals surface area contributed by atoms with Crippen LogP contribution >= 0.6 is 23.5 Å². The van der Waals surface area contributed by atoms with E-state index in [0.717, 1.165) is 18.3 Å². The molecule has 0 radical (unpaired) electrons. The highest BCUT2D eigenvalue weighted by Gasteiger charge is 2.30. The third kappa shape index (κ3) is 3.33. The molecule has 1 unspecified atom stereocenters. The van der Waals surface area contributed by atoms with Crippen LogP contribution in [0, 0.1) is 5.41 Å². The molecule has 1 atom stereocenters. The van der Waals surface area contributed by atoms with Gasteiger partial charge in [-0.25, -0.2) is 0 Å². The highest BCUT2D eigenvalue weighted by molar-refractivity contribution is 8.13. The van der Waals surface area contributed by atoms with Crippen molar-refractivity contribution < 1.29 is 0 Å². The first-order valence-electron chi connectivity index (χ1n) is 6.04. The van der Waals surface area contributed by atoms with E-state index in [1.165, 1.54) is 24.3 Å². The molecular weight excluding hydrogens is 236 g/mol. The zero-order chi connectivity index (χ0) is 11.6. The number of nitrogens with one attached hydrogen (secondary N) is 1. The number of hydrogen-bond acceptors (Lipinski definition) is 4. The van der Waals surface area contributed by atoms with Crippen molar-refractivity contribution in [3.63, 3.8) is 0 Å². The summed E-state index contributed by atoms with van der Waals surface area (Å²) in [5, 5.41) is 4.69. The van der Waals surface area contributed by atoms with Gasteiger partial charge in [0.1, 0.15) is 0 Å². The zero-order valence-corrected chi connectivity index (χ0v) is 12.1. The molecular formula is C12H22N2S2. The molecule has 0 bridgehead atoms. The van der Waals surface area contributed by atoms with E-state index in [4.69, 9.17) is 0 Å². The molecule has 4 heteroatoms. The van der Waals surface area contributed by atoms with Crippen molar-refractivity contribution in [1.82, 2.24) is 5.32 Å². The Kier molecular flexibility index (Phi) is 3.79. The molecule has 16 heavy (non-hydrogen) atoms. The highest BCUT2D eigenvalue weighted by Crippen LogP contribution is 2.37. The van der Waals surface area contributed by atoms with Crippen LogP contribution in [0.3, 0.4) is 0 Å². The summed E-state index contributed by atoms with van der Waals surface area (Å²) in [7, 11) is 0. The van der Waals surface area contributed by atoms with Crippen molar-refractivity contribution in [3.8, 4) is 0 Å². The molecule has 2 heterocycles. The van der Waals surface area contributed by atoms with Gasteiger partial charge in [-0.3, -0.25) is 4.99 Å².